The van der Waals surface area contributed by atoms with Crippen molar-refractivity contribution in [3.8, 4) is 0 Å². The number of hydrogen-bond donors (Lipinski definition) is 2. The molecule has 1 aromatic carbocycles. The molecule has 0 aliphatic rings. The lowest BCUT2D eigenvalue weighted by molar-refractivity contribution is -0.138. The Kier molecular flexibility index (Phi) is 7.00. The standard InChI is InChI=1S/C19H22F3N3O/c20-19(21,22)16-10-5-8-14(17(16)18(23)26)7-3-1-2-4-12-25-15-9-6-11-24-13-15/h5-6,8-11,13,25H,1-4,7,12H2,(H2,23,26). The number of rotatable bonds is 9. The summed E-state index contributed by atoms with van der Waals surface area (Å²) in [6.07, 6.45) is 2.73. The van der Waals surface area contributed by atoms with Crippen molar-refractivity contribution in [1.29, 1.82) is 0 Å². The number of halogens is 3. The van der Waals surface area contributed by atoms with Crippen LogP contribution in [0.3, 0.4) is 0 Å². The van der Waals surface area contributed by atoms with Crippen LogP contribution < -0.4 is 11.1 Å². The number of nitrogens with zero attached hydrogens (tertiary/aromatic N) is 1. The summed E-state index contributed by atoms with van der Waals surface area (Å²) in [5.74, 6) is -1.03. The average Bonchev–Trinajstić information content (AvgIpc) is 2.60. The number of aromatic nitrogens is 1. The number of carbonyl (C=O) groups excluding carboxylic acids is 1. The van der Waals surface area contributed by atoms with E-state index in [1.807, 2.05) is 12.1 Å². The molecule has 0 aliphatic heterocycles. The van der Waals surface area contributed by atoms with Crippen molar-refractivity contribution in [1.82, 2.24) is 4.98 Å². The van der Waals surface area contributed by atoms with Crippen LogP contribution in [0, 0.1) is 0 Å². The first-order chi connectivity index (χ1) is 12.4. The second-order valence-corrected chi connectivity index (χ2v) is 6.03. The molecule has 26 heavy (non-hydrogen) atoms. The molecule has 140 valence electrons. The largest absolute Gasteiger partial charge is 0.417 e. The molecular weight excluding hydrogens is 343 g/mol. The van der Waals surface area contributed by atoms with Crippen LogP contribution in [0.15, 0.2) is 42.7 Å². The van der Waals surface area contributed by atoms with Gasteiger partial charge in [0, 0.05) is 18.9 Å². The summed E-state index contributed by atoms with van der Waals surface area (Å²) in [5, 5.41) is 3.25. The highest BCUT2D eigenvalue weighted by Gasteiger charge is 2.35. The number of amides is 1. The van der Waals surface area contributed by atoms with Gasteiger partial charge in [0.05, 0.1) is 16.8 Å². The van der Waals surface area contributed by atoms with Gasteiger partial charge in [-0.1, -0.05) is 25.0 Å². The number of benzene rings is 1. The molecular formula is C19H22F3N3O. The Morgan fingerprint density at radius 2 is 1.85 bits per heavy atom. The molecule has 4 nitrogen and oxygen atoms in total. The number of hydrogen-bond acceptors (Lipinski definition) is 3. The maximum Gasteiger partial charge on any atom is 0.417 e. The zero-order valence-corrected chi connectivity index (χ0v) is 14.4. The van der Waals surface area contributed by atoms with Crippen LogP contribution in [-0.4, -0.2) is 17.4 Å². The predicted octanol–water partition coefficient (Wildman–Crippen LogP) is 4.41. The lowest BCUT2D eigenvalue weighted by Crippen LogP contribution is -2.21. The van der Waals surface area contributed by atoms with E-state index >= 15 is 0 Å². The zero-order chi connectivity index (χ0) is 19.0. The lowest BCUT2D eigenvalue weighted by atomic mass is 9.95. The summed E-state index contributed by atoms with van der Waals surface area (Å²) >= 11 is 0. The number of aryl methyl sites for hydroxylation is 1. The molecule has 0 bridgehead atoms. The number of anilines is 1. The molecule has 7 heteroatoms. The van der Waals surface area contributed by atoms with Crippen LogP contribution >= 0.6 is 0 Å². The second kappa shape index (κ2) is 9.22. The van der Waals surface area contributed by atoms with Gasteiger partial charge in [-0.05, 0) is 43.0 Å². The molecule has 0 saturated heterocycles. The van der Waals surface area contributed by atoms with Gasteiger partial charge in [-0.15, -0.1) is 0 Å². The van der Waals surface area contributed by atoms with E-state index in [4.69, 9.17) is 5.73 Å². The first kappa shape index (κ1) is 19.8. The van der Waals surface area contributed by atoms with Gasteiger partial charge in [-0.3, -0.25) is 9.78 Å². The smallest absolute Gasteiger partial charge is 0.384 e. The molecule has 0 unspecified atom stereocenters. The van der Waals surface area contributed by atoms with E-state index in [1.54, 1.807) is 18.5 Å². The topological polar surface area (TPSA) is 68.0 Å². The van der Waals surface area contributed by atoms with Gasteiger partial charge in [0.2, 0.25) is 5.91 Å². The van der Waals surface area contributed by atoms with Gasteiger partial charge in [0.1, 0.15) is 0 Å². The van der Waals surface area contributed by atoms with Crippen LogP contribution in [0.2, 0.25) is 0 Å². The third-order valence-corrected chi connectivity index (χ3v) is 4.07. The highest BCUT2D eigenvalue weighted by atomic mass is 19.4. The number of carbonyl (C=O) groups is 1. The fourth-order valence-corrected chi connectivity index (χ4v) is 2.83. The first-order valence-corrected chi connectivity index (χ1v) is 8.52. The molecule has 1 aromatic heterocycles. The van der Waals surface area contributed by atoms with Crippen molar-refractivity contribution < 1.29 is 18.0 Å². The summed E-state index contributed by atoms with van der Waals surface area (Å²) in [5.41, 5.74) is 5.15. The summed E-state index contributed by atoms with van der Waals surface area (Å²) in [6.45, 7) is 0.807. The molecule has 3 N–H and O–H groups in total. The monoisotopic (exact) mass is 365 g/mol. The van der Waals surface area contributed by atoms with Crippen LogP contribution in [0.4, 0.5) is 18.9 Å². The quantitative estimate of drug-likeness (QED) is 0.647. The number of primary amides is 1. The van der Waals surface area contributed by atoms with Crippen molar-refractivity contribution in [3.05, 3.63) is 59.4 Å². The van der Waals surface area contributed by atoms with Crippen LogP contribution in [0.1, 0.15) is 47.2 Å². The molecule has 0 aliphatic carbocycles. The van der Waals surface area contributed by atoms with E-state index in [0.717, 1.165) is 37.6 Å². The third kappa shape index (κ3) is 5.75. The Morgan fingerprint density at radius 1 is 1.08 bits per heavy atom. The Bertz CT molecular complexity index is 718. The normalized spacial score (nSPS) is 11.3. The molecule has 0 fully saturated rings. The Labute approximate surface area is 150 Å². The summed E-state index contributed by atoms with van der Waals surface area (Å²) in [4.78, 5) is 15.5. The zero-order valence-electron chi connectivity index (χ0n) is 14.4. The molecule has 1 amide bonds. The predicted molar refractivity (Wildman–Crippen MR) is 94.9 cm³/mol. The van der Waals surface area contributed by atoms with Gasteiger partial charge in [0.25, 0.3) is 0 Å². The highest BCUT2D eigenvalue weighted by Crippen LogP contribution is 2.33. The highest BCUT2D eigenvalue weighted by molar-refractivity contribution is 5.96. The van der Waals surface area contributed by atoms with Gasteiger partial charge in [-0.2, -0.15) is 13.2 Å². The third-order valence-electron chi connectivity index (χ3n) is 4.07. The van der Waals surface area contributed by atoms with Gasteiger partial charge < -0.3 is 11.1 Å². The molecule has 0 radical (unpaired) electrons. The van der Waals surface area contributed by atoms with Crippen LogP contribution in [0.5, 0.6) is 0 Å². The fraction of sp³-hybridized carbons (Fsp3) is 0.368. The van der Waals surface area contributed by atoms with Gasteiger partial charge in [-0.25, -0.2) is 0 Å². The van der Waals surface area contributed by atoms with Crippen molar-refractivity contribution in [2.24, 2.45) is 5.73 Å². The summed E-state index contributed by atoms with van der Waals surface area (Å²) in [6, 6.07) is 7.55. The Hall–Kier alpha value is -2.57. The fourth-order valence-electron chi connectivity index (χ4n) is 2.83. The number of pyridine rings is 1. The van der Waals surface area contributed by atoms with Crippen molar-refractivity contribution in [2.45, 2.75) is 38.3 Å². The molecule has 2 rings (SSSR count). The number of nitrogens with one attached hydrogen (secondary N) is 1. The van der Waals surface area contributed by atoms with E-state index < -0.39 is 23.2 Å². The first-order valence-electron chi connectivity index (χ1n) is 8.52. The number of alkyl halides is 3. The summed E-state index contributed by atoms with van der Waals surface area (Å²) in [7, 11) is 0. The average molecular weight is 365 g/mol. The van der Waals surface area contributed by atoms with E-state index in [2.05, 4.69) is 10.3 Å². The molecule has 2 aromatic rings. The van der Waals surface area contributed by atoms with E-state index in [1.165, 1.54) is 6.07 Å². The second-order valence-electron chi connectivity index (χ2n) is 6.03. The van der Waals surface area contributed by atoms with Crippen LogP contribution in [0.25, 0.3) is 0 Å². The molecule has 0 saturated carbocycles. The van der Waals surface area contributed by atoms with E-state index in [-0.39, 0.29) is 0 Å². The number of unbranched alkanes of at least 4 members (excludes halogenated alkanes) is 3. The van der Waals surface area contributed by atoms with E-state index in [0.29, 0.717) is 18.4 Å². The van der Waals surface area contributed by atoms with Crippen molar-refractivity contribution in [2.75, 3.05) is 11.9 Å². The Morgan fingerprint density at radius 3 is 2.50 bits per heavy atom. The minimum atomic E-state index is -4.58. The number of nitrogens with two attached hydrogens (primary N) is 1. The lowest BCUT2D eigenvalue weighted by Gasteiger charge is -2.14. The maximum atomic E-state index is 13.0. The SMILES string of the molecule is NC(=O)c1c(CCCCCCNc2cccnc2)cccc1C(F)(F)F. The maximum absolute atomic E-state index is 13.0. The van der Waals surface area contributed by atoms with Crippen LogP contribution in [-0.2, 0) is 12.6 Å². The minimum Gasteiger partial charge on any atom is -0.384 e. The molecule has 0 spiro atoms. The van der Waals surface area contributed by atoms with E-state index in [9.17, 15) is 18.0 Å². The van der Waals surface area contributed by atoms with Gasteiger partial charge >= 0.3 is 6.18 Å². The van der Waals surface area contributed by atoms with Crippen molar-refractivity contribution >= 4 is 11.6 Å². The van der Waals surface area contributed by atoms with Crippen molar-refractivity contribution in [3.63, 3.8) is 0 Å². The molecule has 0 atom stereocenters. The van der Waals surface area contributed by atoms with Gasteiger partial charge in [0.15, 0.2) is 0 Å². The summed E-state index contributed by atoms with van der Waals surface area (Å²) < 4.78 is 39.1. The minimum absolute atomic E-state index is 0.362. The Balaban J connectivity index is 1.80. The molecule has 1 heterocycles.